The highest BCUT2D eigenvalue weighted by Crippen LogP contribution is 2.20. The number of hydrogen-bond acceptors (Lipinski definition) is 4. The molecule has 1 atom stereocenters. The lowest BCUT2D eigenvalue weighted by molar-refractivity contribution is -0.0510. The van der Waals surface area contributed by atoms with Crippen molar-refractivity contribution < 1.29 is 26.1 Å². The van der Waals surface area contributed by atoms with Gasteiger partial charge in [-0.1, -0.05) is 13.3 Å². The average molecular weight is 304 g/mol. The van der Waals surface area contributed by atoms with Crippen LogP contribution in [0, 0.1) is 0 Å². The van der Waals surface area contributed by atoms with E-state index in [2.05, 4.69) is 43.1 Å². The van der Waals surface area contributed by atoms with Crippen molar-refractivity contribution in [1.82, 2.24) is 9.80 Å². The van der Waals surface area contributed by atoms with Crippen LogP contribution in [-0.2, 0) is 10.1 Å². The molecule has 0 aliphatic carbocycles. The van der Waals surface area contributed by atoms with Gasteiger partial charge in [0.1, 0.15) is 0 Å². The number of nitrogens with zero attached hydrogens (tertiary/aromatic N) is 2. The smallest absolute Gasteiger partial charge is 0.359 e. The van der Waals surface area contributed by atoms with Gasteiger partial charge in [0.25, 0.3) is 0 Å². The average Bonchev–Trinajstić information content (AvgIpc) is 2.55. The largest absolute Gasteiger partial charge is 0.522 e. The Morgan fingerprint density at radius 1 is 1.32 bits per heavy atom. The van der Waals surface area contributed by atoms with Gasteiger partial charge in [-0.2, -0.15) is 21.6 Å². The maximum Gasteiger partial charge on any atom is 0.522 e. The van der Waals surface area contributed by atoms with E-state index in [1.54, 1.807) is 0 Å². The molecule has 1 aliphatic rings. The third-order valence-electron chi connectivity index (χ3n) is 2.63. The van der Waals surface area contributed by atoms with Crippen molar-refractivity contribution in [2.24, 2.45) is 0 Å². The van der Waals surface area contributed by atoms with Crippen molar-refractivity contribution >= 4 is 10.1 Å². The Morgan fingerprint density at radius 2 is 1.79 bits per heavy atom. The first-order valence-corrected chi connectivity index (χ1v) is 7.14. The minimum absolute atomic E-state index is 0.557. The number of rotatable bonds is 3. The molecule has 0 radical (unpaired) electrons. The predicted molar refractivity (Wildman–Crippen MR) is 65.6 cm³/mol. The topological polar surface area (TPSA) is 60.9 Å². The van der Waals surface area contributed by atoms with Crippen molar-refractivity contribution in [3.63, 3.8) is 0 Å². The summed E-state index contributed by atoms with van der Waals surface area (Å²) in [6.45, 7) is 5.66. The van der Waals surface area contributed by atoms with Gasteiger partial charge in [0.2, 0.25) is 0 Å². The Labute approximate surface area is 111 Å². The summed E-state index contributed by atoms with van der Waals surface area (Å²) in [5.74, 6) is 0. The third kappa shape index (κ3) is 6.15. The van der Waals surface area contributed by atoms with E-state index in [4.69, 9.17) is 13.0 Å². The Kier molecular flexibility index (Phi) is 6.64. The minimum Gasteiger partial charge on any atom is -0.359 e. The fraction of sp³-hybridized carbons (Fsp3) is 0.800. The van der Waals surface area contributed by atoms with Gasteiger partial charge in [0.15, 0.2) is 0 Å². The summed E-state index contributed by atoms with van der Waals surface area (Å²) in [7, 11) is -3.72. The molecule has 9 heteroatoms. The maximum atomic E-state index is 10.7. The molecule has 19 heavy (non-hydrogen) atoms. The van der Waals surface area contributed by atoms with Crippen molar-refractivity contribution in [2.45, 2.75) is 38.4 Å². The van der Waals surface area contributed by atoms with Gasteiger partial charge >= 0.3 is 15.6 Å². The molecule has 114 valence electrons. The molecule has 0 saturated carbocycles. The summed E-state index contributed by atoms with van der Waals surface area (Å²) < 4.78 is 57.5. The minimum atomic E-state index is -5.84. The van der Waals surface area contributed by atoms with Crippen molar-refractivity contribution in [3.05, 3.63) is 12.4 Å². The van der Waals surface area contributed by atoms with Crippen molar-refractivity contribution in [3.8, 4) is 0 Å². The van der Waals surface area contributed by atoms with E-state index in [-0.39, 0.29) is 0 Å². The fourth-order valence-corrected chi connectivity index (χ4v) is 1.28. The molecule has 5 nitrogen and oxygen atoms in total. The number of hydrogen-bond donors (Lipinski definition) is 1. The highest BCUT2D eigenvalue weighted by atomic mass is 32.2. The molecule has 0 aromatic rings. The van der Waals surface area contributed by atoms with E-state index in [1.165, 1.54) is 19.4 Å². The molecular formula is C10H19F3N2O3S. The van der Waals surface area contributed by atoms with E-state index in [1.807, 2.05) is 0 Å². The lowest BCUT2D eigenvalue weighted by Crippen LogP contribution is -2.33. The molecule has 0 spiro atoms. The molecule has 0 aromatic heterocycles. The van der Waals surface area contributed by atoms with Crippen LogP contribution in [0.3, 0.4) is 0 Å². The molecule has 0 amide bonds. The molecule has 1 aliphatic heterocycles. The second kappa shape index (κ2) is 6.99. The predicted octanol–water partition coefficient (Wildman–Crippen LogP) is 2.25. The standard InChI is InChI=1S/C9H18N2.CHF3O3S/c1-4-5-6-11-8-7-10(3)9(11)2;2-1(3,4)8(5,6)7/h7-9H,4-6H2,1-3H3;(H,5,6,7). The van der Waals surface area contributed by atoms with Gasteiger partial charge in [-0.25, -0.2) is 0 Å². The zero-order chi connectivity index (χ0) is 15.3. The van der Waals surface area contributed by atoms with Crippen LogP contribution in [0.2, 0.25) is 0 Å². The third-order valence-corrected chi connectivity index (χ3v) is 3.21. The van der Waals surface area contributed by atoms with Gasteiger partial charge in [-0.3, -0.25) is 4.55 Å². The van der Waals surface area contributed by atoms with E-state index in [0.29, 0.717) is 6.17 Å². The van der Waals surface area contributed by atoms with Crippen LogP contribution in [-0.4, -0.2) is 48.0 Å². The van der Waals surface area contributed by atoms with Gasteiger partial charge in [0.05, 0.1) is 6.17 Å². The molecule has 1 rings (SSSR count). The molecule has 0 fully saturated rings. The van der Waals surface area contributed by atoms with Crippen LogP contribution < -0.4 is 0 Å². The SMILES string of the molecule is CCCCN1C=CN(C)C1C.O=S(=O)(O)C(F)(F)F. The molecule has 0 bridgehead atoms. The summed E-state index contributed by atoms with van der Waals surface area (Å²) in [5, 5.41) is 0. The van der Waals surface area contributed by atoms with E-state index < -0.39 is 15.6 Å². The molecule has 0 aromatic carbocycles. The number of alkyl halides is 3. The van der Waals surface area contributed by atoms with Gasteiger partial charge < -0.3 is 9.80 Å². The Balaban J connectivity index is 0.000000362. The van der Waals surface area contributed by atoms with Crippen LogP contribution in [0.4, 0.5) is 13.2 Å². The lowest BCUT2D eigenvalue weighted by atomic mass is 10.3. The van der Waals surface area contributed by atoms with E-state index >= 15 is 0 Å². The highest BCUT2D eigenvalue weighted by molar-refractivity contribution is 7.86. The highest BCUT2D eigenvalue weighted by Gasteiger charge is 2.44. The fourth-order valence-electron chi connectivity index (χ4n) is 1.28. The van der Waals surface area contributed by atoms with Crippen molar-refractivity contribution in [2.75, 3.05) is 13.6 Å². The zero-order valence-corrected chi connectivity index (χ0v) is 11.9. The van der Waals surface area contributed by atoms with Gasteiger partial charge in [-0.15, -0.1) is 0 Å². The Morgan fingerprint density at radius 3 is 2.05 bits per heavy atom. The summed E-state index contributed by atoms with van der Waals surface area (Å²) in [5.41, 5.74) is -5.53. The normalized spacial score (nSPS) is 19.4. The molecule has 1 heterocycles. The molecule has 1 N–H and O–H groups in total. The zero-order valence-electron chi connectivity index (χ0n) is 11.1. The van der Waals surface area contributed by atoms with Crippen LogP contribution in [0.25, 0.3) is 0 Å². The Bertz CT molecular complexity index is 395. The van der Waals surface area contributed by atoms with E-state index in [9.17, 15) is 13.2 Å². The van der Waals surface area contributed by atoms with Crippen LogP contribution in [0.15, 0.2) is 12.4 Å². The molecule has 0 saturated heterocycles. The monoisotopic (exact) mass is 304 g/mol. The van der Waals surface area contributed by atoms with E-state index in [0.717, 1.165) is 0 Å². The van der Waals surface area contributed by atoms with Gasteiger partial charge in [0, 0.05) is 26.0 Å². The first kappa shape index (κ1) is 18.0. The molecular weight excluding hydrogens is 285 g/mol. The van der Waals surface area contributed by atoms with Crippen LogP contribution in [0.1, 0.15) is 26.7 Å². The number of unbranched alkanes of at least 4 members (excludes halogenated alkanes) is 1. The second-order valence-corrected chi connectivity index (χ2v) is 5.52. The van der Waals surface area contributed by atoms with Gasteiger partial charge in [-0.05, 0) is 13.3 Å². The van der Waals surface area contributed by atoms with Crippen molar-refractivity contribution in [1.29, 1.82) is 0 Å². The summed E-state index contributed by atoms with van der Waals surface area (Å²) >= 11 is 0. The summed E-state index contributed by atoms with van der Waals surface area (Å²) in [6, 6.07) is 0. The molecule has 1 unspecified atom stereocenters. The Hall–Kier alpha value is -0.960. The quantitative estimate of drug-likeness (QED) is 0.640. The summed E-state index contributed by atoms with van der Waals surface area (Å²) in [6.07, 6.45) is 7.45. The lowest BCUT2D eigenvalue weighted by Gasteiger charge is -2.26. The van der Waals surface area contributed by atoms with Crippen LogP contribution >= 0.6 is 0 Å². The number of halogens is 3. The first-order chi connectivity index (χ1) is 8.50. The maximum absolute atomic E-state index is 10.7. The second-order valence-electron chi connectivity index (χ2n) is 4.11. The first-order valence-electron chi connectivity index (χ1n) is 5.70. The van der Waals surface area contributed by atoms with Crippen LogP contribution in [0.5, 0.6) is 0 Å². The summed E-state index contributed by atoms with van der Waals surface area (Å²) in [4.78, 5) is 4.61.